The number of halogens is 1. The van der Waals surface area contributed by atoms with Crippen LogP contribution in [0.3, 0.4) is 0 Å². The number of guanidine groups is 1. The molecular formula is C10H16IN5. The Balaban J connectivity index is 0.00000225. The van der Waals surface area contributed by atoms with Crippen LogP contribution in [0, 0.1) is 0 Å². The molecule has 1 aromatic heterocycles. The van der Waals surface area contributed by atoms with Crippen LogP contribution < -0.4 is 11.1 Å². The van der Waals surface area contributed by atoms with Gasteiger partial charge in [0.25, 0.3) is 0 Å². The third kappa shape index (κ3) is 6.33. The van der Waals surface area contributed by atoms with Crippen molar-refractivity contribution in [3.8, 4) is 0 Å². The quantitative estimate of drug-likeness (QED) is 0.360. The zero-order chi connectivity index (χ0) is 10.9. The van der Waals surface area contributed by atoms with Crippen molar-refractivity contribution in [2.45, 2.75) is 6.42 Å². The molecule has 1 rings (SSSR count). The maximum Gasteiger partial charge on any atom is 0.188 e. The fourth-order valence-corrected chi connectivity index (χ4v) is 0.983. The second-order valence-corrected chi connectivity index (χ2v) is 2.88. The third-order valence-corrected chi connectivity index (χ3v) is 1.69. The van der Waals surface area contributed by atoms with Crippen molar-refractivity contribution in [3.05, 3.63) is 36.9 Å². The summed E-state index contributed by atoms with van der Waals surface area (Å²) < 4.78 is 0. The van der Waals surface area contributed by atoms with Crippen LogP contribution in [0.5, 0.6) is 0 Å². The first-order valence-electron chi connectivity index (χ1n) is 4.72. The Kier molecular flexibility index (Phi) is 8.41. The summed E-state index contributed by atoms with van der Waals surface area (Å²) in [5.41, 5.74) is 6.49. The summed E-state index contributed by atoms with van der Waals surface area (Å²) in [5, 5.41) is 2.89. The van der Waals surface area contributed by atoms with Crippen molar-refractivity contribution in [3.63, 3.8) is 0 Å². The fraction of sp³-hybridized carbons (Fsp3) is 0.300. The molecule has 1 aromatic rings. The molecule has 0 saturated heterocycles. The molecule has 16 heavy (non-hydrogen) atoms. The first kappa shape index (κ1) is 14.8. The number of aromatic nitrogens is 2. The van der Waals surface area contributed by atoms with Crippen LogP contribution in [-0.4, -0.2) is 29.0 Å². The van der Waals surface area contributed by atoms with Gasteiger partial charge in [-0.2, -0.15) is 0 Å². The molecule has 0 radical (unpaired) electrons. The lowest BCUT2D eigenvalue weighted by Crippen LogP contribution is -2.31. The predicted octanol–water partition coefficient (Wildman–Crippen LogP) is 0.727. The van der Waals surface area contributed by atoms with Crippen LogP contribution in [0.25, 0.3) is 0 Å². The van der Waals surface area contributed by atoms with Crippen molar-refractivity contribution in [2.24, 2.45) is 10.7 Å². The minimum Gasteiger partial charge on any atom is -0.370 e. The zero-order valence-corrected chi connectivity index (χ0v) is 11.3. The van der Waals surface area contributed by atoms with E-state index in [2.05, 4.69) is 26.9 Å². The van der Waals surface area contributed by atoms with E-state index in [4.69, 9.17) is 5.73 Å². The maximum absolute atomic E-state index is 5.58. The molecule has 0 spiro atoms. The molecule has 3 N–H and O–H groups in total. The molecule has 88 valence electrons. The predicted molar refractivity (Wildman–Crippen MR) is 75.8 cm³/mol. The average molecular weight is 333 g/mol. The van der Waals surface area contributed by atoms with Gasteiger partial charge in [-0.05, 0) is 0 Å². The monoisotopic (exact) mass is 333 g/mol. The van der Waals surface area contributed by atoms with Crippen LogP contribution in [0.1, 0.15) is 5.69 Å². The largest absolute Gasteiger partial charge is 0.370 e. The van der Waals surface area contributed by atoms with Crippen LogP contribution >= 0.6 is 24.0 Å². The second-order valence-electron chi connectivity index (χ2n) is 2.88. The van der Waals surface area contributed by atoms with Gasteiger partial charge in [-0.3, -0.25) is 15.0 Å². The number of nitrogens with zero attached hydrogens (tertiary/aromatic N) is 3. The molecule has 0 aromatic carbocycles. The molecule has 5 nitrogen and oxygen atoms in total. The van der Waals surface area contributed by atoms with E-state index in [0.717, 1.165) is 12.1 Å². The highest BCUT2D eigenvalue weighted by atomic mass is 127. The van der Waals surface area contributed by atoms with Gasteiger partial charge in [-0.15, -0.1) is 30.6 Å². The van der Waals surface area contributed by atoms with Crippen molar-refractivity contribution < 1.29 is 0 Å². The highest BCUT2D eigenvalue weighted by Gasteiger charge is 1.93. The average Bonchev–Trinajstić information content (AvgIpc) is 2.28. The SMILES string of the molecule is C=CCNC(N)=NCCc1cnccn1.I. The van der Waals surface area contributed by atoms with Gasteiger partial charge in [-0.1, -0.05) is 6.08 Å². The highest BCUT2D eigenvalue weighted by Crippen LogP contribution is 1.91. The Bertz CT molecular complexity index is 325. The summed E-state index contributed by atoms with van der Waals surface area (Å²) in [6.07, 6.45) is 7.50. The van der Waals surface area contributed by atoms with Crippen LogP contribution in [0.4, 0.5) is 0 Å². The Hall–Kier alpha value is -1.18. The summed E-state index contributed by atoms with van der Waals surface area (Å²) in [7, 11) is 0. The van der Waals surface area contributed by atoms with Gasteiger partial charge < -0.3 is 11.1 Å². The maximum atomic E-state index is 5.58. The summed E-state index contributed by atoms with van der Waals surface area (Å²) in [5.74, 6) is 0.429. The minimum absolute atomic E-state index is 0. The molecule has 0 aliphatic rings. The van der Waals surface area contributed by atoms with E-state index in [1.807, 2.05) is 0 Å². The number of hydrogen-bond donors (Lipinski definition) is 2. The van der Waals surface area contributed by atoms with E-state index in [1.165, 1.54) is 0 Å². The van der Waals surface area contributed by atoms with Crippen LogP contribution in [0.2, 0.25) is 0 Å². The Morgan fingerprint density at radius 3 is 3.00 bits per heavy atom. The van der Waals surface area contributed by atoms with E-state index in [9.17, 15) is 0 Å². The van der Waals surface area contributed by atoms with Crippen LogP contribution in [-0.2, 0) is 6.42 Å². The lowest BCUT2D eigenvalue weighted by molar-refractivity contribution is 0.890. The first-order valence-corrected chi connectivity index (χ1v) is 4.72. The lowest BCUT2D eigenvalue weighted by atomic mass is 10.3. The summed E-state index contributed by atoms with van der Waals surface area (Å²) >= 11 is 0. The van der Waals surface area contributed by atoms with Gasteiger partial charge in [0, 0.05) is 38.1 Å². The molecule has 0 amide bonds. The number of rotatable bonds is 5. The lowest BCUT2D eigenvalue weighted by Gasteiger charge is -2.01. The molecule has 0 saturated carbocycles. The van der Waals surface area contributed by atoms with Gasteiger partial charge in [0.05, 0.1) is 5.69 Å². The topological polar surface area (TPSA) is 76.2 Å². The van der Waals surface area contributed by atoms with Gasteiger partial charge in [0.2, 0.25) is 0 Å². The van der Waals surface area contributed by atoms with E-state index in [-0.39, 0.29) is 24.0 Å². The van der Waals surface area contributed by atoms with E-state index in [1.54, 1.807) is 24.7 Å². The van der Waals surface area contributed by atoms with Gasteiger partial charge in [0.15, 0.2) is 5.96 Å². The van der Waals surface area contributed by atoms with E-state index < -0.39 is 0 Å². The Labute approximate surface area is 112 Å². The molecular weight excluding hydrogens is 317 g/mol. The first-order chi connectivity index (χ1) is 7.33. The van der Waals surface area contributed by atoms with E-state index in [0.29, 0.717) is 19.0 Å². The zero-order valence-electron chi connectivity index (χ0n) is 8.97. The summed E-state index contributed by atoms with van der Waals surface area (Å²) in [6.45, 7) is 4.80. The third-order valence-electron chi connectivity index (χ3n) is 1.69. The molecule has 0 atom stereocenters. The Morgan fingerprint density at radius 1 is 1.56 bits per heavy atom. The summed E-state index contributed by atoms with van der Waals surface area (Å²) in [6, 6.07) is 0. The summed E-state index contributed by atoms with van der Waals surface area (Å²) in [4.78, 5) is 12.2. The van der Waals surface area contributed by atoms with Crippen molar-refractivity contribution in [2.75, 3.05) is 13.1 Å². The normalized spacial score (nSPS) is 10.4. The van der Waals surface area contributed by atoms with Gasteiger partial charge in [-0.25, -0.2) is 0 Å². The van der Waals surface area contributed by atoms with Crippen molar-refractivity contribution >= 4 is 29.9 Å². The molecule has 1 heterocycles. The number of nitrogens with two attached hydrogens (primary N) is 1. The molecule has 0 fully saturated rings. The molecule has 0 aliphatic heterocycles. The van der Waals surface area contributed by atoms with Gasteiger partial charge in [0.1, 0.15) is 0 Å². The van der Waals surface area contributed by atoms with Crippen molar-refractivity contribution in [1.82, 2.24) is 15.3 Å². The van der Waals surface area contributed by atoms with E-state index >= 15 is 0 Å². The standard InChI is InChI=1S/C10H15N5.HI/c1-2-4-14-10(11)15-5-3-9-8-12-6-7-13-9;/h2,6-8H,1,3-5H2,(H3,11,14,15);1H. The highest BCUT2D eigenvalue weighted by molar-refractivity contribution is 14.0. The number of nitrogens with one attached hydrogen (secondary N) is 1. The smallest absolute Gasteiger partial charge is 0.188 e. The number of hydrogen-bond acceptors (Lipinski definition) is 3. The molecule has 0 bridgehead atoms. The molecule has 6 heteroatoms. The van der Waals surface area contributed by atoms with Gasteiger partial charge >= 0.3 is 0 Å². The van der Waals surface area contributed by atoms with Crippen LogP contribution in [0.15, 0.2) is 36.2 Å². The number of aliphatic imine (C=N–C) groups is 1. The Morgan fingerprint density at radius 2 is 2.38 bits per heavy atom. The molecule has 0 unspecified atom stereocenters. The second kappa shape index (κ2) is 9.08. The van der Waals surface area contributed by atoms with Crippen molar-refractivity contribution in [1.29, 1.82) is 0 Å². The molecule has 0 aliphatic carbocycles. The minimum atomic E-state index is 0. The fourth-order valence-electron chi connectivity index (χ4n) is 0.983.